The molecule has 1 atom stereocenters. The summed E-state index contributed by atoms with van der Waals surface area (Å²) in [5, 5.41) is 0. The van der Waals surface area contributed by atoms with E-state index in [-0.39, 0.29) is 11.8 Å². The number of hydrogen-bond donors (Lipinski definition) is 0. The van der Waals surface area contributed by atoms with Crippen molar-refractivity contribution in [3.8, 4) is 17.1 Å². The van der Waals surface area contributed by atoms with E-state index >= 15 is 0 Å². The van der Waals surface area contributed by atoms with Crippen molar-refractivity contribution in [2.45, 2.75) is 18.2 Å². The van der Waals surface area contributed by atoms with Crippen molar-refractivity contribution >= 4 is 21.2 Å². The Morgan fingerprint density at radius 1 is 1.03 bits per heavy atom. The molecule has 0 bridgehead atoms. The number of aromatic nitrogens is 3. The van der Waals surface area contributed by atoms with Crippen molar-refractivity contribution in [3.63, 3.8) is 0 Å². The van der Waals surface area contributed by atoms with Crippen molar-refractivity contribution in [3.05, 3.63) is 78.5 Å². The fraction of sp³-hybridized carbons (Fsp3) is 0.250. The van der Waals surface area contributed by atoms with Crippen LogP contribution < -0.4 is 4.74 Å². The third kappa shape index (κ3) is 3.87. The summed E-state index contributed by atoms with van der Waals surface area (Å²) in [5.41, 5.74) is 3.30. The summed E-state index contributed by atoms with van der Waals surface area (Å²) in [6, 6.07) is 20.8. The van der Waals surface area contributed by atoms with Gasteiger partial charge in [-0.15, -0.1) is 0 Å². The Bertz CT molecular complexity index is 1330. The minimum atomic E-state index is -3.41. The van der Waals surface area contributed by atoms with Crippen LogP contribution in [0.3, 0.4) is 0 Å². The molecule has 5 rings (SSSR count). The van der Waals surface area contributed by atoms with Gasteiger partial charge in [-0.2, -0.15) is 4.31 Å². The molecule has 164 valence electrons. The molecule has 0 N–H and O–H groups in total. The quantitative estimate of drug-likeness (QED) is 0.447. The monoisotopic (exact) mass is 448 g/mol. The summed E-state index contributed by atoms with van der Waals surface area (Å²) >= 11 is 0. The van der Waals surface area contributed by atoms with E-state index in [1.165, 1.54) is 0 Å². The maximum atomic E-state index is 13.1. The van der Waals surface area contributed by atoms with Crippen molar-refractivity contribution < 1.29 is 13.2 Å². The SMILES string of the molecule is COc1ccc(-c2nc3cccnc3n2[C@@H]2CCN(S(=O)(=O)Cc3ccccc3)C2)cc1. The average Bonchev–Trinajstić information content (AvgIpc) is 3.45. The molecule has 2 aromatic carbocycles. The molecular formula is C24H24N4O3S. The van der Waals surface area contributed by atoms with Crippen LogP contribution in [0.25, 0.3) is 22.6 Å². The zero-order chi connectivity index (χ0) is 22.1. The maximum Gasteiger partial charge on any atom is 0.218 e. The lowest BCUT2D eigenvalue weighted by atomic mass is 10.2. The first-order chi connectivity index (χ1) is 15.5. The first kappa shape index (κ1) is 20.7. The second-order valence-corrected chi connectivity index (χ2v) is 9.89. The zero-order valence-electron chi connectivity index (χ0n) is 17.8. The van der Waals surface area contributed by atoms with Crippen LogP contribution in [0.2, 0.25) is 0 Å². The predicted octanol–water partition coefficient (Wildman–Crippen LogP) is 3.88. The minimum Gasteiger partial charge on any atom is -0.497 e. The molecule has 0 saturated carbocycles. The summed E-state index contributed by atoms with van der Waals surface area (Å²) in [7, 11) is -1.78. The number of methoxy groups -OCH3 is 1. The van der Waals surface area contributed by atoms with Crippen molar-refractivity contribution in [1.82, 2.24) is 18.8 Å². The lowest BCUT2D eigenvalue weighted by Gasteiger charge is -2.19. The number of sulfonamides is 1. The van der Waals surface area contributed by atoms with E-state index in [4.69, 9.17) is 9.72 Å². The molecule has 1 saturated heterocycles. The third-order valence-corrected chi connectivity index (χ3v) is 7.69. The average molecular weight is 449 g/mol. The summed E-state index contributed by atoms with van der Waals surface area (Å²) in [4.78, 5) is 9.40. The minimum absolute atomic E-state index is 0.00875. The molecule has 0 radical (unpaired) electrons. The van der Waals surface area contributed by atoms with Crippen LogP contribution >= 0.6 is 0 Å². The second-order valence-electron chi connectivity index (χ2n) is 7.92. The van der Waals surface area contributed by atoms with E-state index in [2.05, 4.69) is 9.55 Å². The van der Waals surface area contributed by atoms with E-state index in [1.807, 2.05) is 66.7 Å². The first-order valence-corrected chi connectivity index (χ1v) is 12.2. The highest BCUT2D eigenvalue weighted by Crippen LogP contribution is 2.34. The van der Waals surface area contributed by atoms with Crippen LogP contribution in [-0.2, 0) is 15.8 Å². The first-order valence-electron chi connectivity index (χ1n) is 10.5. The summed E-state index contributed by atoms with van der Waals surface area (Å²) < 4.78 is 35.1. The van der Waals surface area contributed by atoms with E-state index in [0.717, 1.165) is 33.9 Å². The van der Waals surface area contributed by atoms with Crippen molar-refractivity contribution in [2.24, 2.45) is 0 Å². The Hall–Kier alpha value is -3.23. The molecule has 1 aliphatic rings. The molecule has 4 aromatic rings. The van der Waals surface area contributed by atoms with Gasteiger partial charge in [-0.1, -0.05) is 30.3 Å². The standard InChI is InChI=1S/C24H24N4O3S/c1-31-21-11-9-19(10-12-21)23-26-22-8-5-14-25-24(22)28(23)20-13-15-27(16-20)32(29,30)17-18-6-3-2-4-7-18/h2-12,14,20H,13,15-17H2,1H3/t20-/m1/s1. The Morgan fingerprint density at radius 2 is 1.81 bits per heavy atom. The molecule has 1 aliphatic heterocycles. The topological polar surface area (TPSA) is 77.3 Å². The van der Waals surface area contributed by atoms with Gasteiger partial charge in [0.1, 0.15) is 17.1 Å². The summed E-state index contributed by atoms with van der Waals surface area (Å²) in [6.45, 7) is 0.884. The lowest BCUT2D eigenvalue weighted by molar-refractivity contribution is 0.415. The highest BCUT2D eigenvalue weighted by atomic mass is 32.2. The van der Waals surface area contributed by atoms with E-state index in [1.54, 1.807) is 17.6 Å². The summed E-state index contributed by atoms with van der Waals surface area (Å²) in [6.07, 6.45) is 2.45. The van der Waals surface area contributed by atoms with Gasteiger partial charge in [0.05, 0.1) is 18.9 Å². The number of ether oxygens (including phenoxy) is 1. The number of rotatable bonds is 6. The van der Waals surface area contributed by atoms with Gasteiger partial charge in [0.15, 0.2) is 5.65 Å². The molecule has 0 unspecified atom stereocenters. The molecular weight excluding hydrogens is 424 g/mol. The second kappa shape index (κ2) is 8.37. The fourth-order valence-electron chi connectivity index (χ4n) is 4.27. The molecule has 0 amide bonds. The summed E-state index contributed by atoms with van der Waals surface area (Å²) in [5.74, 6) is 1.57. The largest absolute Gasteiger partial charge is 0.497 e. The number of nitrogens with zero attached hydrogens (tertiary/aromatic N) is 4. The maximum absolute atomic E-state index is 13.1. The fourth-order valence-corrected chi connectivity index (χ4v) is 5.85. The molecule has 0 spiro atoms. The number of hydrogen-bond acceptors (Lipinski definition) is 5. The van der Waals surface area contributed by atoms with Crippen LogP contribution in [0.15, 0.2) is 72.9 Å². The van der Waals surface area contributed by atoms with Crippen LogP contribution in [-0.4, -0.2) is 47.5 Å². The van der Waals surface area contributed by atoms with Gasteiger partial charge < -0.3 is 9.30 Å². The van der Waals surface area contributed by atoms with Gasteiger partial charge in [0.25, 0.3) is 0 Å². The smallest absolute Gasteiger partial charge is 0.218 e. The Morgan fingerprint density at radius 3 is 2.56 bits per heavy atom. The van der Waals surface area contributed by atoms with E-state index in [9.17, 15) is 8.42 Å². The van der Waals surface area contributed by atoms with Gasteiger partial charge in [-0.05, 0) is 48.4 Å². The van der Waals surface area contributed by atoms with Gasteiger partial charge in [0.2, 0.25) is 10.0 Å². The normalized spacial score (nSPS) is 17.1. The van der Waals surface area contributed by atoms with Crippen LogP contribution in [0.4, 0.5) is 0 Å². The highest BCUT2D eigenvalue weighted by Gasteiger charge is 2.34. The lowest BCUT2D eigenvalue weighted by Crippen LogP contribution is -2.30. The number of benzene rings is 2. The molecule has 3 heterocycles. The van der Waals surface area contributed by atoms with Crippen LogP contribution in [0, 0.1) is 0 Å². The molecule has 8 heteroatoms. The molecule has 32 heavy (non-hydrogen) atoms. The zero-order valence-corrected chi connectivity index (χ0v) is 18.6. The molecule has 7 nitrogen and oxygen atoms in total. The molecule has 1 fully saturated rings. The predicted molar refractivity (Wildman–Crippen MR) is 124 cm³/mol. The Balaban J connectivity index is 1.48. The third-order valence-electron chi connectivity index (χ3n) is 5.87. The van der Waals surface area contributed by atoms with Crippen molar-refractivity contribution in [1.29, 1.82) is 0 Å². The number of fused-ring (bicyclic) bond motifs is 1. The molecule has 2 aromatic heterocycles. The van der Waals surface area contributed by atoms with Crippen LogP contribution in [0.1, 0.15) is 18.0 Å². The van der Waals surface area contributed by atoms with Crippen molar-refractivity contribution in [2.75, 3.05) is 20.2 Å². The van der Waals surface area contributed by atoms with Gasteiger partial charge in [-0.3, -0.25) is 0 Å². The molecule has 0 aliphatic carbocycles. The Kier molecular flexibility index (Phi) is 5.40. The van der Waals surface area contributed by atoms with E-state index < -0.39 is 10.0 Å². The highest BCUT2D eigenvalue weighted by molar-refractivity contribution is 7.88. The van der Waals surface area contributed by atoms with Gasteiger partial charge in [0, 0.05) is 24.8 Å². The van der Waals surface area contributed by atoms with Gasteiger partial charge >= 0.3 is 0 Å². The van der Waals surface area contributed by atoms with E-state index in [0.29, 0.717) is 19.5 Å². The van der Waals surface area contributed by atoms with Gasteiger partial charge in [-0.25, -0.2) is 18.4 Å². The number of pyridine rings is 1. The van der Waals surface area contributed by atoms with Crippen LogP contribution in [0.5, 0.6) is 5.75 Å². The Labute approximate surface area is 187 Å². The number of imidazole rings is 1.